The number of rotatable bonds is 6. The molecule has 1 N–H and O–H groups in total. The summed E-state index contributed by atoms with van der Waals surface area (Å²) in [5.41, 5.74) is 2.30. The lowest BCUT2D eigenvalue weighted by atomic mass is 9.85. The Hall–Kier alpha value is -2.47. The fraction of sp³-hybridized carbons (Fsp3) is 0.542. The highest BCUT2D eigenvalue weighted by molar-refractivity contribution is 6.07. The average Bonchev–Trinajstić information content (AvgIpc) is 3.00. The number of nitrogens with zero attached hydrogens (tertiary/aromatic N) is 2. The van der Waals surface area contributed by atoms with Gasteiger partial charge in [-0.3, -0.25) is 24.2 Å². The molecule has 1 aromatic rings. The molecule has 0 spiro atoms. The summed E-state index contributed by atoms with van der Waals surface area (Å²) in [7, 11) is 0. The highest BCUT2D eigenvalue weighted by Crippen LogP contribution is 2.34. The molecule has 2 aliphatic heterocycles. The predicted octanol–water partition coefficient (Wildman–Crippen LogP) is 2.49. The first-order valence-corrected chi connectivity index (χ1v) is 11.1. The van der Waals surface area contributed by atoms with Crippen molar-refractivity contribution < 1.29 is 14.4 Å². The molecule has 3 aliphatic rings. The third-order valence-electron chi connectivity index (χ3n) is 6.77. The van der Waals surface area contributed by atoms with Crippen LogP contribution in [0.3, 0.4) is 0 Å². The molecule has 0 aromatic heterocycles. The lowest BCUT2D eigenvalue weighted by Crippen LogP contribution is -2.41. The largest absolute Gasteiger partial charge is 0.350 e. The van der Waals surface area contributed by atoms with Crippen LogP contribution in [0, 0.1) is 17.8 Å². The van der Waals surface area contributed by atoms with E-state index in [2.05, 4.69) is 23.2 Å². The summed E-state index contributed by atoms with van der Waals surface area (Å²) in [5.74, 6) is -0.476. The van der Waals surface area contributed by atoms with Gasteiger partial charge >= 0.3 is 0 Å². The molecular formula is C24H31N3O3. The molecule has 3 amide bonds. The van der Waals surface area contributed by atoms with Crippen LogP contribution in [0.2, 0.25) is 0 Å². The number of carbonyl (C=O) groups is 3. The monoisotopic (exact) mass is 409 g/mol. The summed E-state index contributed by atoms with van der Waals surface area (Å²) in [6, 6.07) is 8.17. The van der Waals surface area contributed by atoms with Crippen molar-refractivity contribution in [1.29, 1.82) is 0 Å². The molecule has 0 saturated carbocycles. The van der Waals surface area contributed by atoms with E-state index < -0.39 is 0 Å². The smallest absolute Gasteiger partial charge is 0.240 e. The fourth-order valence-corrected chi connectivity index (χ4v) is 4.76. The van der Waals surface area contributed by atoms with E-state index in [9.17, 15) is 14.4 Å². The number of carbonyl (C=O) groups excluding carboxylic acids is 3. The maximum absolute atomic E-state index is 12.5. The van der Waals surface area contributed by atoms with Gasteiger partial charge < -0.3 is 5.32 Å². The second-order valence-electron chi connectivity index (χ2n) is 8.92. The number of likely N-dealkylation sites (tertiary alicyclic amines) is 2. The topological polar surface area (TPSA) is 69.7 Å². The Morgan fingerprint density at radius 1 is 1.00 bits per heavy atom. The van der Waals surface area contributed by atoms with E-state index in [1.807, 2.05) is 30.4 Å². The van der Waals surface area contributed by atoms with Crippen LogP contribution in [-0.4, -0.2) is 47.2 Å². The Morgan fingerprint density at radius 2 is 1.60 bits per heavy atom. The van der Waals surface area contributed by atoms with E-state index in [-0.39, 0.29) is 36.1 Å². The Kier molecular flexibility index (Phi) is 6.32. The minimum Gasteiger partial charge on any atom is -0.350 e. The predicted molar refractivity (Wildman–Crippen MR) is 114 cm³/mol. The molecule has 4 rings (SSSR count). The first-order chi connectivity index (χ1) is 14.5. The normalized spacial score (nSPS) is 24.9. The van der Waals surface area contributed by atoms with Crippen molar-refractivity contribution >= 4 is 17.7 Å². The molecular weight excluding hydrogens is 378 g/mol. The Morgan fingerprint density at radius 3 is 2.23 bits per heavy atom. The average molecular weight is 410 g/mol. The van der Waals surface area contributed by atoms with Crippen LogP contribution in [0.25, 0.3) is 0 Å². The lowest BCUT2D eigenvalue weighted by molar-refractivity contribution is -0.143. The van der Waals surface area contributed by atoms with Gasteiger partial charge in [0.05, 0.1) is 11.8 Å². The van der Waals surface area contributed by atoms with Crippen LogP contribution in [0.1, 0.15) is 43.7 Å². The summed E-state index contributed by atoms with van der Waals surface area (Å²) in [6.07, 6.45) is 7.56. The number of imide groups is 1. The second-order valence-corrected chi connectivity index (χ2v) is 8.92. The molecule has 1 aromatic carbocycles. The van der Waals surface area contributed by atoms with Gasteiger partial charge in [-0.15, -0.1) is 0 Å². The van der Waals surface area contributed by atoms with E-state index in [1.165, 1.54) is 18.4 Å². The van der Waals surface area contributed by atoms with Gasteiger partial charge in [0.1, 0.15) is 6.54 Å². The number of fused-ring (bicyclic) bond motifs is 1. The molecule has 6 heteroatoms. The number of nitrogens with one attached hydrogen (secondary N) is 1. The van der Waals surface area contributed by atoms with Crippen LogP contribution >= 0.6 is 0 Å². The highest BCUT2D eigenvalue weighted by atomic mass is 16.2. The van der Waals surface area contributed by atoms with Crippen LogP contribution in [0.5, 0.6) is 0 Å². The number of piperidine rings is 1. The zero-order chi connectivity index (χ0) is 21.1. The van der Waals surface area contributed by atoms with Crippen LogP contribution in [0.4, 0.5) is 0 Å². The van der Waals surface area contributed by atoms with Crippen molar-refractivity contribution in [2.45, 2.75) is 45.7 Å². The third kappa shape index (κ3) is 4.48. The molecule has 2 heterocycles. The minimum absolute atomic E-state index is 0.184. The van der Waals surface area contributed by atoms with E-state index in [0.717, 1.165) is 36.0 Å². The molecule has 6 nitrogen and oxygen atoms in total. The summed E-state index contributed by atoms with van der Waals surface area (Å²) in [4.78, 5) is 41.2. The van der Waals surface area contributed by atoms with Crippen molar-refractivity contribution in [2.24, 2.45) is 17.8 Å². The molecule has 2 saturated heterocycles. The number of benzene rings is 1. The van der Waals surface area contributed by atoms with Crippen molar-refractivity contribution in [3.8, 4) is 0 Å². The standard InChI is InChI=1S/C24H31N3O3/c1-17-10-12-26(13-11-17)15-19-7-3-2-6-18(19)14-25-22(28)16-27-23(29)20-8-4-5-9-21(20)24(27)30/h2-7,17,20-21H,8-16H2,1H3,(H,25,28). The van der Waals surface area contributed by atoms with Crippen molar-refractivity contribution in [1.82, 2.24) is 15.1 Å². The van der Waals surface area contributed by atoms with E-state index in [1.54, 1.807) is 0 Å². The lowest BCUT2D eigenvalue weighted by Gasteiger charge is -2.30. The van der Waals surface area contributed by atoms with Crippen LogP contribution in [0.15, 0.2) is 36.4 Å². The molecule has 2 atom stereocenters. The number of hydrogen-bond acceptors (Lipinski definition) is 4. The Labute approximate surface area is 178 Å². The van der Waals surface area contributed by atoms with E-state index >= 15 is 0 Å². The molecule has 30 heavy (non-hydrogen) atoms. The first kappa shape index (κ1) is 20.8. The van der Waals surface area contributed by atoms with Gasteiger partial charge in [0.2, 0.25) is 17.7 Å². The van der Waals surface area contributed by atoms with Gasteiger partial charge in [-0.2, -0.15) is 0 Å². The molecule has 2 unspecified atom stereocenters. The van der Waals surface area contributed by atoms with Gasteiger partial charge in [0, 0.05) is 13.1 Å². The number of amides is 3. The molecule has 0 radical (unpaired) electrons. The van der Waals surface area contributed by atoms with Gasteiger partial charge in [-0.25, -0.2) is 0 Å². The summed E-state index contributed by atoms with van der Waals surface area (Å²) >= 11 is 0. The van der Waals surface area contributed by atoms with Crippen molar-refractivity contribution in [3.63, 3.8) is 0 Å². The summed E-state index contributed by atoms with van der Waals surface area (Å²) < 4.78 is 0. The van der Waals surface area contributed by atoms with E-state index in [4.69, 9.17) is 0 Å². The van der Waals surface area contributed by atoms with Crippen LogP contribution in [-0.2, 0) is 27.5 Å². The van der Waals surface area contributed by atoms with E-state index in [0.29, 0.717) is 19.4 Å². The maximum Gasteiger partial charge on any atom is 0.240 e. The zero-order valence-corrected chi connectivity index (χ0v) is 17.7. The zero-order valence-electron chi connectivity index (χ0n) is 17.7. The SMILES string of the molecule is CC1CCN(Cc2ccccc2CNC(=O)CN2C(=O)C3CC=CCC3C2=O)CC1. The van der Waals surface area contributed by atoms with Gasteiger partial charge in [-0.05, 0) is 55.8 Å². The highest BCUT2D eigenvalue weighted by Gasteiger charge is 2.47. The minimum atomic E-state index is -0.289. The van der Waals surface area contributed by atoms with Gasteiger partial charge in [0.25, 0.3) is 0 Å². The fourth-order valence-electron chi connectivity index (χ4n) is 4.76. The Bertz CT molecular complexity index is 816. The maximum atomic E-state index is 12.5. The first-order valence-electron chi connectivity index (χ1n) is 11.1. The Balaban J connectivity index is 1.32. The quantitative estimate of drug-likeness (QED) is 0.579. The molecule has 160 valence electrons. The number of hydrogen-bond donors (Lipinski definition) is 1. The second kappa shape index (κ2) is 9.13. The molecule has 1 aliphatic carbocycles. The summed E-state index contributed by atoms with van der Waals surface area (Å²) in [6.45, 7) is 5.64. The van der Waals surface area contributed by atoms with Gasteiger partial charge in [0.15, 0.2) is 0 Å². The van der Waals surface area contributed by atoms with Gasteiger partial charge in [-0.1, -0.05) is 43.3 Å². The van der Waals surface area contributed by atoms with Crippen molar-refractivity contribution in [3.05, 3.63) is 47.5 Å². The molecule has 0 bridgehead atoms. The van der Waals surface area contributed by atoms with Crippen LogP contribution < -0.4 is 5.32 Å². The number of allylic oxidation sites excluding steroid dienone is 2. The summed E-state index contributed by atoms with van der Waals surface area (Å²) in [5, 5.41) is 2.91. The molecule has 2 fully saturated rings. The third-order valence-corrected chi connectivity index (χ3v) is 6.77. The van der Waals surface area contributed by atoms with Crippen molar-refractivity contribution in [2.75, 3.05) is 19.6 Å².